The topological polar surface area (TPSA) is 36.9 Å². The molecule has 0 radical (unpaired) electrons. The van der Waals surface area contributed by atoms with Crippen LogP contribution in [-0.2, 0) is 11.3 Å². The Kier molecular flexibility index (Phi) is 6.64. The van der Waals surface area contributed by atoms with Crippen molar-refractivity contribution in [3.63, 3.8) is 0 Å². The van der Waals surface area contributed by atoms with Gasteiger partial charge in [0.15, 0.2) is 5.96 Å². The minimum absolute atomic E-state index is 0.207. The van der Waals surface area contributed by atoms with Gasteiger partial charge in [-0.25, -0.2) is 4.39 Å². The fourth-order valence-electron chi connectivity index (χ4n) is 2.66. The van der Waals surface area contributed by atoms with Gasteiger partial charge in [0, 0.05) is 43.3 Å². The number of hydrogen-bond donors (Lipinski definition) is 1. The van der Waals surface area contributed by atoms with Crippen LogP contribution in [0.1, 0.15) is 25.3 Å². The molecule has 1 fully saturated rings. The van der Waals surface area contributed by atoms with Crippen molar-refractivity contribution in [2.75, 3.05) is 26.7 Å². The summed E-state index contributed by atoms with van der Waals surface area (Å²) in [5.41, 5.74) is 0.625. The quantitative estimate of drug-likeness (QED) is 0.652. The molecule has 1 saturated heterocycles. The highest BCUT2D eigenvalue weighted by Gasteiger charge is 2.21. The summed E-state index contributed by atoms with van der Waals surface area (Å²) in [5, 5.41) is 3.24. The Labute approximate surface area is 139 Å². The van der Waals surface area contributed by atoms with Gasteiger partial charge in [-0.15, -0.1) is 0 Å². The van der Waals surface area contributed by atoms with Crippen LogP contribution in [0.3, 0.4) is 0 Å². The van der Waals surface area contributed by atoms with Gasteiger partial charge in [0.1, 0.15) is 5.82 Å². The molecule has 0 spiro atoms. The minimum Gasteiger partial charge on any atom is -0.378 e. The maximum Gasteiger partial charge on any atom is 0.193 e. The monoisotopic (exact) mass is 371 g/mol. The van der Waals surface area contributed by atoms with Crippen molar-refractivity contribution < 1.29 is 9.13 Å². The molecule has 0 bridgehead atoms. The van der Waals surface area contributed by atoms with Crippen LogP contribution in [0.5, 0.6) is 0 Å². The van der Waals surface area contributed by atoms with Gasteiger partial charge in [0.2, 0.25) is 0 Å². The number of ether oxygens (including phenoxy) is 1. The third kappa shape index (κ3) is 4.68. The summed E-state index contributed by atoms with van der Waals surface area (Å²) in [5.74, 6) is 0.607. The molecule has 0 unspecified atom stereocenters. The molecule has 1 aliphatic heterocycles. The maximum atomic E-state index is 13.8. The molecule has 6 heteroatoms. The van der Waals surface area contributed by atoms with E-state index in [1.54, 1.807) is 19.2 Å². The highest BCUT2D eigenvalue weighted by Crippen LogP contribution is 2.16. The van der Waals surface area contributed by atoms with E-state index in [-0.39, 0.29) is 5.82 Å². The van der Waals surface area contributed by atoms with Gasteiger partial charge in [-0.3, -0.25) is 4.99 Å². The molecule has 4 nitrogen and oxygen atoms in total. The average molecular weight is 372 g/mol. The smallest absolute Gasteiger partial charge is 0.193 e. The van der Waals surface area contributed by atoms with Crippen LogP contribution < -0.4 is 5.32 Å². The van der Waals surface area contributed by atoms with Crippen LogP contribution in [0.4, 0.5) is 4.39 Å². The molecule has 1 aromatic rings. The third-order valence-electron chi connectivity index (χ3n) is 3.80. The summed E-state index contributed by atoms with van der Waals surface area (Å²) < 4.78 is 20.3. The predicted molar refractivity (Wildman–Crippen MR) is 90.5 cm³/mol. The third-order valence-corrected chi connectivity index (χ3v) is 4.29. The maximum absolute atomic E-state index is 13.8. The Balaban J connectivity index is 1.89. The predicted octanol–water partition coefficient (Wildman–Crippen LogP) is 3.16. The van der Waals surface area contributed by atoms with Crippen LogP contribution in [0.25, 0.3) is 0 Å². The fourth-order valence-corrected chi connectivity index (χ4v) is 3.06. The summed E-state index contributed by atoms with van der Waals surface area (Å²) in [7, 11) is 1.76. The molecule has 2 rings (SSSR count). The summed E-state index contributed by atoms with van der Waals surface area (Å²) in [6.07, 6.45) is 2.35. The number of halogens is 2. The van der Waals surface area contributed by atoms with Crippen LogP contribution in [0, 0.1) is 5.82 Å². The minimum atomic E-state index is -0.207. The van der Waals surface area contributed by atoms with Gasteiger partial charge in [0.25, 0.3) is 0 Å². The van der Waals surface area contributed by atoms with Crippen LogP contribution in [0.15, 0.2) is 27.7 Å². The number of piperidine rings is 1. The van der Waals surface area contributed by atoms with Gasteiger partial charge in [-0.2, -0.15) is 0 Å². The first-order chi connectivity index (χ1) is 10.6. The molecule has 0 atom stereocenters. The molecule has 1 aliphatic rings. The Morgan fingerprint density at radius 3 is 2.82 bits per heavy atom. The average Bonchev–Trinajstić information content (AvgIpc) is 2.53. The van der Waals surface area contributed by atoms with Crippen molar-refractivity contribution in [1.82, 2.24) is 10.2 Å². The zero-order valence-corrected chi connectivity index (χ0v) is 14.7. The zero-order chi connectivity index (χ0) is 15.9. The molecule has 1 N–H and O–H groups in total. The van der Waals surface area contributed by atoms with Gasteiger partial charge >= 0.3 is 0 Å². The van der Waals surface area contributed by atoms with E-state index in [0.29, 0.717) is 18.2 Å². The second-order valence-corrected chi connectivity index (χ2v) is 6.19. The number of guanidine groups is 1. The number of nitrogens with zero attached hydrogens (tertiary/aromatic N) is 2. The highest BCUT2D eigenvalue weighted by molar-refractivity contribution is 9.10. The van der Waals surface area contributed by atoms with E-state index in [9.17, 15) is 4.39 Å². The van der Waals surface area contributed by atoms with Crippen LogP contribution >= 0.6 is 15.9 Å². The number of nitrogens with one attached hydrogen (secondary N) is 1. The molecule has 1 heterocycles. The molecule has 0 aliphatic carbocycles. The second kappa shape index (κ2) is 8.48. The Morgan fingerprint density at radius 1 is 1.45 bits per heavy atom. The van der Waals surface area contributed by atoms with E-state index in [1.807, 2.05) is 6.92 Å². The number of aliphatic imine (C=N–C) groups is 1. The van der Waals surface area contributed by atoms with E-state index in [1.165, 1.54) is 6.07 Å². The Hall–Kier alpha value is -1.14. The lowest BCUT2D eigenvalue weighted by Crippen LogP contribution is -2.46. The highest BCUT2D eigenvalue weighted by atomic mass is 79.9. The second-order valence-electron chi connectivity index (χ2n) is 5.28. The zero-order valence-electron chi connectivity index (χ0n) is 13.1. The Bertz CT molecular complexity index is 516. The van der Waals surface area contributed by atoms with E-state index < -0.39 is 0 Å². The van der Waals surface area contributed by atoms with Gasteiger partial charge in [-0.1, -0.05) is 15.9 Å². The lowest BCUT2D eigenvalue weighted by molar-refractivity contribution is 0.0263. The molecule has 22 heavy (non-hydrogen) atoms. The summed E-state index contributed by atoms with van der Waals surface area (Å²) in [6, 6.07) is 4.96. The number of likely N-dealkylation sites (tertiary alicyclic amines) is 1. The standard InChI is InChI=1S/C16H23BrFN3O/c1-3-22-14-6-8-21(9-7-14)16(19-2)20-11-12-10-13(17)4-5-15(12)18/h4-5,10,14H,3,6-9,11H2,1-2H3,(H,19,20). The Morgan fingerprint density at radius 2 is 2.18 bits per heavy atom. The van der Waals surface area contributed by atoms with Crippen molar-refractivity contribution in [2.45, 2.75) is 32.4 Å². The number of rotatable bonds is 4. The summed E-state index contributed by atoms with van der Waals surface area (Å²) in [6.45, 7) is 5.03. The van der Waals surface area contributed by atoms with Gasteiger partial charge < -0.3 is 15.0 Å². The van der Waals surface area contributed by atoms with Gasteiger partial charge in [0.05, 0.1) is 6.10 Å². The van der Waals surface area contributed by atoms with Crippen molar-refractivity contribution >= 4 is 21.9 Å². The van der Waals surface area contributed by atoms with E-state index in [0.717, 1.165) is 43.0 Å². The number of benzene rings is 1. The van der Waals surface area contributed by atoms with E-state index >= 15 is 0 Å². The summed E-state index contributed by atoms with van der Waals surface area (Å²) >= 11 is 3.37. The first kappa shape index (κ1) is 17.2. The largest absolute Gasteiger partial charge is 0.378 e. The number of hydrogen-bond acceptors (Lipinski definition) is 2. The first-order valence-electron chi connectivity index (χ1n) is 7.65. The van der Waals surface area contributed by atoms with Crippen molar-refractivity contribution in [1.29, 1.82) is 0 Å². The molecule has 0 amide bonds. The van der Waals surface area contributed by atoms with E-state index in [2.05, 4.69) is 31.1 Å². The van der Waals surface area contributed by atoms with Crippen LogP contribution in [0.2, 0.25) is 0 Å². The fraction of sp³-hybridized carbons (Fsp3) is 0.562. The van der Waals surface area contributed by atoms with Gasteiger partial charge in [-0.05, 0) is 38.0 Å². The lowest BCUT2D eigenvalue weighted by Gasteiger charge is -2.34. The summed E-state index contributed by atoms with van der Waals surface area (Å²) in [4.78, 5) is 6.51. The van der Waals surface area contributed by atoms with Crippen molar-refractivity contribution in [3.8, 4) is 0 Å². The first-order valence-corrected chi connectivity index (χ1v) is 8.44. The van der Waals surface area contributed by atoms with E-state index in [4.69, 9.17) is 4.74 Å². The molecular weight excluding hydrogens is 349 g/mol. The molecule has 0 aromatic heterocycles. The van der Waals surface area contributed by atoms with Crippen LogP contribution in [-0.4, -0.2) is 43.7 Å². The van der Waals surface area contributed by atoms with Crippen molar-refractivity contribution in [3.05, 3.63) is 34.1 Å². The normalized spacial score (nSPS) is 16.9. The van der Waals surface area contributed by atoms with Crippen molar-refractivity contribution in [2.24, 2.45) is 4.99 Å². The molecule has 1 aromatic carbocycles. The lowest BCUT2D eigenvalue weighted by atomic mass is 10.1. The SMILES string of the molecule is CCOC1CCN(C(=NC)NCc2cc(Br)ccc2F)CC1. The molecular formula is C16H23BrFN3O. The molecule has 0 saturated carbocycles. The molecule has 122 valence electrons.